The van der Waals surface area contributed by atoms with Crippen LogP contribution in [0, 0.1) is 6.92 Å². The molecular formula is C6H5NO3S. The van der Waals surface area contributed by atoms with Crippen molar-refractivity contribution in [2.45, 2.75) is 6.92 Å². The molecule has 0 aromatic carbocycles. The van der Waals surface area contributed by atoms with Crippen molar-refractivity contribution in [1.29, 1.82) is 0 Å². The average molecular weight is 171 g/mol. The summed E-state index contributed by atoms with van der Waals surface area (Å²) < 4.78 is 0. The van der Waals surface area contributed by atoms with Crippen LogP contribution in [0.25, 0.3) is 0 Å². The predicted molar refractivity (Wildman–Crippen MR) is 39.2 cm³/mol. The van der Waals surface area contributed by atoms with Gasteiger partial charge in [0.25, 0.3) is 0 Å². The Bertz CT molecular complexity index is 305. The van der Waals surface area contributed by atoms with E-state index in [2.05, 4.69) is 4.98 Å². The minimum absolute atomic E-state index is 0.0116. The van der Waals surface area contributed by atoms with Crippen LogP contribution in [0.5, 0.6) is 0 Å². The third-order valence-corrected chi connectivity index (χ3v) is 2.04. The van der Waals surface area contributed by atoms with Gasteiger partial charge < -0.3 is 5.11 Å². The van der Waals surface area contributed by atoms with E-state index in [9.17, 15) is 9.59 Å². The molecule has 1 heterocycles. The molecule has 0 fully saturated rings. The molecule has 5 heteroatoms. The molecule has 0 atom stereocenters. The van der Waals surface area contributed by atoms with Crippen LogP contribution in [0.2, 0.25) is 0 Å². The van der Waals surface area contributed by atoms with Crippen LogP contribution >= 0.6 is 11.3 Å². The Balaban J connectivity index is 3.22. The van der Waals surface area contributed by atoms with Crippen molar-refractivity contribution in [2.75, 3.05) is 0 Å². The van der Waals surface area contributed by atoms with Crippen molar-refractivity contribution in [1.82, 2.24) is 4.98 Å². The van der Waals surface area contributed by atoms with Crippen LogP contribution in [0.1, 0.15) is 25.2 Å². The van der Waals surface area contributed by atoms with Gasteiger partial charge in [-0.25, -0.2) is 9.78 Å². The molecule has 0 saturated carbocycles. The number of hydrogen-bond donors (Lipinski definition) is 1. The molecule has 0 unspecified atom stereocenters. The number of thiazole rings is 1. The van der Waals surface area contributed by atoms with E-state index in [4.69, 9.17) is 5.11 Å². The minimum atomic E-state index is -1.10. The summed E-state index contributed by atoms with van der Waals surface area (Å²) in [4.78, 5) is 24.4. The smallest absolute Gasteiger partial charge is 0.348 e. The lowest BCUT2D eigenvalue weighted by Gasteiger charge is -1.83. The molecule has 11 heavy (non-hydrogen) atoms. The highest BCUT2D eigenvalue weighted by atomic mass is 32.1. The second kappa shape index (κ2) is 2.79. The standard InChI is InChI=1S/C6H5NO3S/c1-3-7-4(2-8)5(11-3)6(9)10/h2H,1H3,(H,9,10). The number of nitrogens with zero attached hydrogens (tertiary/aromatic N) is 1. The first kappa shape index (κ1) is 7.87. The van der Waals surface area contributed by atoms with Crippen LogP contribution < -0.4 is 0 Å². The van der Waals surface area contributed by atoms with Crippen LogP contribution in [0.15, 0.2) is 0 Å². The van der Waals surface area contributed by atoms with Gasteiger partial charge in [-0.2, -0.15) is 0 Å². The predicted octanol–water partition coefficient (Wildman–Crippen LogP) is 0.962. The number of carboxylic acids is 1. The van der Waals surface area contributed by atoms with E-state index in [1.54, 1.807) is 6.92 Å². The lowest BCUT2D eigenvalue weighted by Crippen LogP contribution is -1.97. The number of carbonyl (C=O) groups is 2. The lowest BCUT2D eigenvalue weighted by atomic mass is 10.4. The van der Waals surface area contributed by atoms with E-state index in [-0.39, 0.29) is 10.6 Å². The molecule has 58 valence electrons. The quantitative estimate of drug-likeness (QED) is 0.673. The highest BCUT2D eigenvalue weighted by molar-refractivity contribution is 7.13. The molecule has 0 spiro atoms. The van der Waals surface area contributed by atoms with Crippen LogP contribution in [-0.4, -0.2) is 22.3 Å². The number of aldehydes is 1. The Morgan fingerprint density at radius 1 is 1.73 bits per heavy atom. The topological polar surface area (TPSA) is 67.3 Å². The van der Waals surface area contributed by atoms with Gasteiger partial charge >= 0.3 is 5.97 Å². The summed E-state index contributed by atoms with van der Waals surface area (Å²) in [5.74, 6) is -1.10. The van der Waals surface area contributed by atoms with Crippen molar-refractivity contribution in [2.24, 2.45) is 0 Å². The minimum Gasteiger partial charge on any atom is -0.477 e. The molecule has 0 amide bonds. The molecule has 0 aliphatic rings. The van der Waals surface area contributed by atoms with E-state index < -0.39 is 5.97 Å². The second-order valence-electron chi connectivity index (χ2n) is 1.87. The molecule has 1 aromatic heterocycles. The fourth-order valence-electron chi connectivity index (χ4n) is 0.676. The van der Waals surface area contributed by atoms with E-state index in [0.29, 0.717) is 11.3 Å². The lowest BCUT2D eigenvalue weighted by molar-refractivity contribution is 0.0699. The monoisotopic (exact) mass is 171 g/mol. The van der Waals surface area contributed by atoms with Gasteiger partial charge in [-0.15, -0.1) is 11.3 Å². The number of rotatable bonds is 2. The Kier molecular flexibility index (Phi) is 2.00. The maximum atomic E-state index is 10.4. The van der Waals surface area contributed by atoms with E-state index in [1.165, 1.54) is 0 Å². The van der Waals surface area contributed by atoms with Gasteiger partial charge in [-0.05, 0) is 6.92 Å². The molecule has 0 bridgehead atoms. The molecule has 1 aromatic rings. The molecule has 0 aliphatic heterocycles. The second-order valence-corrected chi connectivity index (χ2v) is 3.07. The van der Waals surface area contributed by atoms with Crippen LogP contribution in [0.3, 0.4) is 0 Å². The molecule has 0 radical (unpaired) electrons. The van der Waals surface area contributed by atoms with Crippen molar-refractivity contribution in [3.63, 3.8) is 0 Å². The number of carbonyl (C=O) groups excluding carboxylic acids is 1. The zero-order valence-electron chi connectivity index (χ0n) is 5.70. The third-order valence-electron chi connectivity index (χ3n) is 1.07. The summed E-state index contributed by atoms with van der Waals surface area (Å²) in [6, 6.07) is 0. The summed E-state index contributed by atoms with van der Waals surface area (Å²) >= 11 is 1.01. The maximum Gasteiger partial charge on any atom is 0.348 e. The maximum absolute atomic E-state index is 10.4. The molecular weight excluding hydrogens is 166 g/mol. The van der Waals surface area contributed by atoms with E-state index in [1.807, 2.05) is 0 Å². The Morgan fingerprint density at radius 3 is 2.73 bits per heavy atom. The Labute approximate surface area is 66.5 Å². The van der Waals surface area contributed by atoms with E-state index in [0.717, 1.165) is 11.3 Å². The number of carboxylic acid groups (broad SMARTS) is 1. The SMILES string of the molecule is Cc1nc(C=O)c(C(=O)O)s1. The number of aromatic nitrogens is 1. The fraction of sp³-hybridized carbons (Fsp3) is 0.167. The summed E-state index contributed by atoms with van der Waals surface area (Å²) in [5, 5.41) is 9.11. The van der Waals surface area contributed by atoms with Crippen molar-refractivity contribution < 1.29 is 14.7 Å². The third kappa shape index (κ3) is 1.43. The van der Waals surface area contributed by atoms with Gasteiger partial charge in [0, 0.05) is 0 Å². The summed E-state index contributed by atoms with van der Waals surface area (Å²) in [6.07, 6.45) is 0.451. The molecule has 1 N–H and O–H groups in total. The van der Waals surface area contributed by atoms with Gasteiger partial charge in [0.2, 0.25) is 0 Å². The Morgan fingerprint density at radius 2 is 2.36 bits per heavy atom. The van der Waals surface area contributed by atoms with Gasteiger partial charge in [0.15, 0.2) is 6.29 Å². The highest BCUT2D eigenvalue weighted by Crippen LogP contribution is 2.15. The van der Waals surface area contributed by atoms with Crippen LogP contribution in [-0.2, 0) is 0 Å². The van der Waals surface area contributed by atoms with Crippen LogP contribution in [0.4, 0.5) is 0 Å². The first-order valence-electron chi connectivity index (χ1n) is 2.81. The average Bonchev–Trinajstić information content (AvgIpc) is 2.30. The largest absolute Gasteiger partial charge is 0.477 e. The normalized spacial score (nSPS) is 9.55. The Hall–Kier alpha value is -1.23. The van der Waals surface area contributed by atoms with Crippen molar-refractivity contribution in [3.05, 3.63) is 15.6 Å². The van der Waals surface area contributed by atoms with Gasteiger partial charge in [-0.3, -0.25) is 4.79 Å². The number of aromatic carboxylic acids is 1. The van der Waals surface area contributed by atoms with Crippen molar-refractivity contribution in [3.8, 4) is 0 Å². The van der Waals surface area contributed by atoms with Gasteiger partial charge in [-0.1, -0.05) is 0 Å². The fourth-order valence-corrected chi connectivity index (χ4v) is 1.40. The summed E-state index contributed by atoms with van der Waals surface area (Å²) in [6.45, 7) is 1.66. The van der Waals surface area contributed by atoms with E-state index >= 15 is 0 Å². The number of aryl methyl sites for hydroxylation is 1. The van der Waals surface area contributed by atoms with Crippen molar-refractivity contribution >= 4 is 23.6 Å². The first-order chi connectivity index (χ1) is 5.15. The first-order valence-corrected chi connectivity index (χ1v) is 3.62. The molecule has 1 rings (SSSR count). The van der Waals surface area contributed by atoms with Gasteiger partial charge in [0.05, 0.1) is 5.01 Å². The molecule has 0 aliphatic carbocycles. The molecule has 0 saturated heterocycles. The highest BCUT2D eigenvalue weighted by Gasteiger charge is 2.14. The summed E-state index contributed by atoms with van der Waals surface area (Å²) in [5.41, 5.74) is 0.0139. The zero-order valence-corrected chi connectivity index (χ0v) is 6.51. The molecule has 4 nitrogen and oxygen atoms in total. The zero-order chi connectivity index (χ0) is 8.43. The summed E-state index contributed by atoms with van der Waals surface area (Å²) in [7, 11) is 0. The van der Waals surface area contributed by atoms with Gasteiger partial charge in [0.1, 0.15) is 10.6 Å². The number of hydrogen-bond acceptors (Lipinski definition) is 4.